The smallest absolute Gasteiger partial charge is 0.311 e. The molecule has 0 heterocycles. The summed E-state index contributed by atoms with van der Waals surface area (Å²) in [7, 11) is 0. The third-order valence-corrected chi connectivity index (χ3v) is 9.09. The number of ether oxygens (including phenoxy) is 2. The number of rotatable bonds is 34. The Bertz CT molecular complexity index is 916. The number of carbonyl (C=O) groups excluding carboxylic acids is 2. The monoisotopic (exact) mass is 667 g/mol. The molecule has 0 unspecified atom stereocenters. The van der Waals surface area contributed by atoms with Gasteiger partial charge in [-0.2, -0.15) is 0 Å². The van der Waals surface area contributed by atoms with E-state index in [1.807, 2.05) is 24.3 Å². The zero-order chi connectivity index (χ0) is 34.6. The van der Waals surface area contributed by atoms with Crippen LogP contribution in [0.1, 0.15) is 199 Å². The molecule has 1 aromatic carbocycles. The molecular weight excluding hydrogens is 592 g/mol. The van der Waals surface area contributed by atoms with Crippen molar-refractivity contribution in [3.63, 3.8) is 0 Å². The molecule has 0 fully saturated rings. The molecule has 48 heavy (non-hydrogen) atoms. The molecule has 0 saturated heterocycles. The van der Waals surface area contributed by atoms with Crippen molar-refractivity contribution in [3.8, 4) is 5.75 Å². The van der Waals surface area contributed by atoms with Crippen LogP contribution in [-0.4, -0.2) is 18.5 Å². The zero-order valence-corrected chi connectivity index (χ0v) is 31.5. The largest absolute Gasteiger partial charge is 0.465 e. The summed E-state index contributed by atoms with van der Waals surface area (Å²) in [4.78, 5) is 24.3. The SMILES string of the molecule is CCCCCCCC/C=C/CCCCCCCC(=O)OCCc1ccc(OC(=O)CCCCCCC/C=C/CCCCCCCC)cc1. The number of unbranched alkanes of at least 4 members (excludes halogenated alkanes) is 22. The predicted octanol–water partition coefficient (Wildman–Crippen LogP) is 13.8. The summed E-state index contributed by atoms with van der Waals surface area (Å²) in [5, 5.41) is 0. The minimum absolute atomic E-state index is 0.103. The van der Waals surface area contributed by atoms with Crippen molar-refractivity contribution in [2.45, 2.75) is 200 Å². The summed E-state index contributed by atoms with van der Waals surface area (Å²) in [6.45, 7) is 4.92. The highest BCUT2D eigenvalue weighted by Crippen LogP contribution is 2.16. The molecule has 0 amide bonds. The van der Waals surface area contributed by atoms with Crippen LogP contribution < -0.4 is 4.74 Å². The third kappa shape index (κ3) is 29.8. The lowest BCUT2D eigenvalue weighted by atomic mass is 10.1. The molecule has 274 valence electrons. The first kappa shape index (κ1) is 43.7. The van der Waals surface area contributed by atoms with E-state index in [1.54, 1.807) is 0 Å². The molecule has 1 aromatic rings. The van der Waals surface area contributed by atoms with Gasteiger partial charge in [-0.15, -0.1) is 0 Å². The fraction of sp³-hybridized carbons (Fsp3) is 0.727. The van der Waals surface area contributed by atoms with Crippen molar-refractivity contribution in [3.05, 3.63) is 54.1 Å². The van der Waals surface area contributed by atoms with Crippen molar-refractivity contribution in [2.75, 3.05) is 6.61 Å². The first-order valence-electron chi connectivity index (χ1n) is 20.4. The summed E-state index contributed by atoms with van der Waals surface area (Å²) >= 11 is 0. The number of hydrogen-bond donors (Lipinski definition) is 0. The standard InChI is InChI=1S/C44H74O4/c1-3-5-7-9-11-13-15-17-19-21-23-25-27-29-31-33-43(45)47-40-39-41-35-37-42(38-36-41)48-44(46)34-32-30-28-26-24-22-20-18-16-14-12-10-8-6-4-2/h17-20,35-38H,3-16,21-34,39-40H2,1-2H3/b19-17+,20-18+. The minimum Gasteiger partial charge on any atom is -0.465 e. The van der Waals surface area contributed by atoms with Crippen LogP contribution in [0.4, 0.5) is 0 Å². The molecule has 0 N–H and O–H groups in total. The van der Waals surface area contributed by atoms with E-state index in [2.05, 4.69) is 38.2 Å². The lowest BCUT2D eigenvalue weighted by molar-refractivity contribution is -0.143. The normalized spacial score (nSPS) is 11.5. The van der Waals surface area contributed by atoms with Crippen LogP contribution in [0.3, 0.4) is 0 Å². The van der Waals surface area contributed by atoms with Crippen LogP contribution in [0.15, 0.2) is 48.6 Å². The Labute approximate surface area is 296 Å². The van der Waals surface area contributed by atoms with Gasteiger partial charge in [-0.1, -0.05) is 153 Å². The molecule has 0 saturated carbocycles. The topological polar surface area (TPSA) is 52.6 Å². The molecule has 0 aromatic heterocycles. The summed E-state index contributed by atoms with van der Waals surface area (Å²) in [6, 6.07) is 7.56. The summed E-state index contributed by atoms with van der Waals surface area (Å²) in [6.07, 6.45) is 43.5. The Hall–Kier alpha value is -2.36. The van der Waals surface area contributed by atoms with Crippen LogP contribution in [0.25, 0.3) is 0 Å². The summed E-state index contributed by atoms with van der Waals surface area (Å²) in [5.41, 5.74) is 1.07. The van der Waals surface area contributed by atoms with E-state index in [9.17, 15) is 9.59 Å². The van der Waals surface area contributed by atoms with Gasteiger partial charge in [0, 0.05) is 19.3 Å². The quantitative estimate of drug-likeness (QED) is 0.0318. The average Bonchev–Trinajstić information content (AvgIpc) is 3.09. The fourth-order valence-electron chi connectivity index (χ4n) is 5.94. The second-order valence-corrected chi connectivity index (χ2v) is 13.8. The Morgan fingerprint density at radius 2 is 0.854 bits per heavy atom. The van der Waals surface area contributed by atoms with Gasteiger partial charge in [0.15, 0.2) is 0 Å². The van der Waals surface area contributed by atoms with E-state index >= 15 is 0 Å². The molecule has 4 nitrogen and oxygen atoms in total. The molecule has 1 rings (SSSR count). The lowest BCUT2D eigenvalue weighted by Gasteiger charge is -2.07. The van der Waals surface area contributed by atoms with Crippen molar-refractivity contribution in [2.24, 2.45) is 0 Å². The molecule has 4 heteroatoms. The molecule has 0 radical (unpaired) electrons. The van der Waals surface area contributed by atoms with Gasteiger partial charge in [-0.3, -0.25) is 9.59 Å². The van der Waals surface area contributed by atoms with Gasteiger partial charge in [-0.25, -0.2) is 0 Å². The molecule has 0 spiro atoms. The molecule has 0 atom stereocenters. The maximum Gasteiger partial charge on any atom is 0.311 e. The van der Waals surface area contributed by atoms with Crippen molar-refractivity contribution < 1.29 is 19.1 Å². The maximum absolute atomic E-state index is 12.2. The molecule has 0 aliphatic carbocycles. The second kappa shape index (κ2) is 34.5. The highest BCUT2D eigenvalue weighted by Gasteiger charge is 2.06. The first-order chi connectivity index (χ1) is 23.7. The second-order valence-electron chi connectivity index (χ2n) is 13.8. The number of carbonyl (C=O) groups is 2. The number of hydrogen-bond acceptors (Lipinski definition) is 4. The van der Waals surface area contributed by atoms with E-state index in [0.717, 1.165) is 31.2 Å². The van der Waals surface area contributed by atoms with Gasteiger partial charge in [0.2, 0.25) is 0 Å². The van der Waals surface area contributed by atoms with Crippen molar-refractivity contribution >= 4 is 11.9 Å². The van der Waals surface area contributed by atoms with Gasteiger partial charge >= 0.3 is 11.9 Å². The van der Waals surface area contributed by atoms with Crippen molar-refractivity contribution in [1.29, 1.82) is 0 Å². The minimum atomic E-state index is -0.162. The van der Waals surface area contributed by atoms with E-state index < -0.39 is 0 Å². The first-order valence-corrected chi connectivity index (χ1v) is 20.4. The van der Waals surface area contributed by atoms with E-state index in [0.29, 0.717) is 31.6 Å². The predicted molar refractivity (Wildman–Crippen MR) is 206 cm³/mol. The van der Waals surface area contributed by atoms with Crippen LogP contribution >= 0.6 is 0 Å². The number of benzene rings is 1. The molecule has 0 aliphatic rings. The van der Waals surface area contributed by atoms with Gasteiger partial charge in [0.1, 0.15) is 5.75 Å². The average molecular weight is 667 g/mol. The van der Waals surface area contributed by atoms with Crippen LogP contribution in [0.2, 0.25) is 0 Å². The Morgan fingerprint density at radius 3 is 1.29 bits per heavy atom. The Morgan fingerprint density at radius 1 is 0.479 bits per heavy atom. The molecule has 0 bridgehead atoms. The third-order valence-electron chi connectivity index (χ3n) is 9.09. The maximum atomic E-state index is 12.2. The molecule has 0 aliphatic heterocycles. The van der Waals surface area contributed by atoms with Crippen LogP contribution in [-0.2, 0) is 20.7 Å². The Kier molecular flexibility index (Phi) is 31.4. The highest BCUT2D eigenvalue weighted by molar-refractivity contribution is 5.72. The Balaban J connectivity index is 1.94. The van der Waals surface area contributed by atoms with E-state index in [-0.39, 0.29) is 11.9 Å². The van der Waals surface area contributed by atoms with Gasteiger partial charge in [-0.05, 0) is 81.9 Å². The van der Waals surface area contributed by atoms with Crippen LogP contribution in [0.5, 0.6) is 5.75 Å². The van der Waals surface area contributed by atoms with Gasteiger partial charge in [0.05, 0.1) is 6.61 Å². The van der Waals surface area contributed by atoms with E-state index in [1.165, 1.54) is 141 Å². The van der Waals surface area contributed by atoms with Gasteiger partial charge in [0.25, 0.3) is 0 Å². The van der Waals surface area contributed by atoms with E-state index in [4.69, 9.17) is 9.47 Å². The summed E-state index contributed by atoms with van der Waals surface area (Å²) < 4.78 is 11.0. The van der Waals surface area contributed by atoms with Crippen molar-refractivity contribution in [1.82, 2.24) is 0 Å². The molecular formula is C44H74O4. The lowest BCUT2D eigenvalue weighted by Crippen LogP contribution is -2.08. The highest BCUT2D eigenvalue weighted by atomic mass is 16.5. The number of allylic oxidation sites excluding steroid dienone is 4. The van der Waals surface area contributed by atoms with Gasteiger partial charge < -0.3 is 9.47 Å². The number of esters is 2. The fourth-order valence-corrected chi connectivity index (χ4v) is 5.94. The zero-order valence-electron chi connectivity index (χ0n) is 31.5. The summed E-state index contributed by atoms with van der Waals surface area (Å²) in [5.74, 6) is 0.316. The van der Waals surface area contributed by atoms with Crippen LogP contribution in [0, 0.1) is 0 Å².